The van der Waals surface area contributed by atoms with Crippen LogP contribution in [0.15, 0.2) is 42.5 Å². The Morgan fingerprint density at radius 3 is 2.56 bits per heavy atom. The van der Waals surface area contributed by atoms with Gasteiger partial charge in [0.1, 0.15) is 0 Å². The Bertz CT molecular complexity index is 850. The molecule has 1 saturated heterocycles. The van der Waals surface area contributed by atoms with E-state index in [0.717, 1.165) is 18.5 Å². The zero-order valence-electron chi connectivity index (χ0n) is 15.9. The smallest absolute Gasteiger partial charge is 0.258 e. The van der Waals surface area contributed by atoms with Crippen molar-refractivity contribution in [2.45, 2.75) is 19.4 Å². The summed E-state index contributed by atoms with van der Waals surface area (Å²) in [5.41, 5.74) is 2.24. The molecule has 6 heteroatoms. The van der Waals surface area contributed by atoms with E-state index in [4.69, 9.17) is 9.47 Å². The molecule has 0 unspecified atom stereocenters. The average Bonchev–Trinajstić information content (AvgIpc) is 3.10. The summed E-state index contributed by atoms with van der Waals surface area (Å²) < 4.78 is 10.6. The second-order valence-electron chi connectivity index (χ2n) is 6.52. The van der Waals surface area contributed by atoms with E-state index < -0.39 is 0 Å². The van der Waals surface area contributed by atoms with Crippen LogP contribution in [0.5, 0.6) is 11.5 Å². The summed E-state index contributed by atoms with van der Waals surface area (Å²) in [6, 6.07) is 12.8. The summed E-state index contributed by atoms with van der Waals surface area (Å²) in [7, 11) is 4.86. The summed E-state index contributed by atoms with van der Waals surface area (Å²) in [6.07, 6.45) is 1.51. The lowest BCUT2D eigenvalue weighted by atomic mass is 10.1. The fraction of sp³-hybridized carbons (Fsp3) is 0.333. The Labute approximate surface area is 159 Å². The maximum absolute atomic E-state index is 12.9. The second-order valence-corrected chi connectivity index (χ2v) is 6.52. The molecule has 2 amide bonds. The number of hydrogen-bond acceptors (Lipinski definition) is 4. The number of carbonyl (C=O) groups is 2. The SMILES string of the molecule is COc1ccc(N(C)C(=O)c2cccc(CN3CCCC3=O)c2)cc1OC. The van der Waals surface area contributed by atoms with Crippen molar-refractivity contribution < 1.29 is 19.1 Å². The minimum Gasteiger partial charge on any atom is -0.493 e. The Morgan fingerprint density at radius 2 is 1.89 bits per heavy atom. The first-order chi connectivity index (χ1) is 13.0. The van der Waals surface area contributed by atoms with Gasteiger partial charge in [0.15, 0.2) is 11.5 Å². The first-order valence-corrected chi connectivity index (χ1v) is 8.90. The summed E-state index contributed by atoms with van der Waals surface area (Å²) in [5.74, 6) is 1.22. The van der Waals surface area contributed by atoms with Crippen LogP contribution in [0.3, 0.4) is 0 Å². The zero-order valence-corrected chi connectivity index (χ0v) is 15.9. The van der Waals surface area contributed by atoms with Crippen LogP contribution in [-0.4, -0.2) is 44.5 Å². The van der Waals surface area contributed by atoms with Crippen LogP contribution in [0.1, 0.15) is 28.8 Å². The van der Waals surface area contributed by atoms with Gasteiger partial charge in [-0.2, -0.15) is 0 Å². The van der Waals surface area contributed by atoms with Crippen LogP contribution in [0.2, 0.25) is 0 Å². The molecule has 2 aromatic rings. The van der Waals surface area contributed by atoms with E-state index in [1.165, 1.54) is 0 Å². The maximum atomic E-state index is 12.9. The molecule has 0 saturated carbocycles. The van der Waals surface area contributed by atoms with Gasteiger partial charge in [-0.1, -0.05) is 12.1 Å². The van der Waals surface area contributed by atoms with Crippen molar-refractivity contribution in [1.29, 1.82) is 0 Å². The standard InChI is InChI=1S/C21H24N2O4/c1-22(17-9-10-18(26-2)19(13-17)27-3)21(25)16-7-4-6-15(12-16)14-23-11-5-8-20(23)24/h4,6-7,9-10,12-13H,5,8,11,14H2,1-3H3. The van der Waals surface area contributed by atoms with Gasteiger partial charge in [0.05, 0.1) is 14.2 Å². The highest BCUT2D eigenvalue weighted by Crippen LogP contribution is 2.31. The van der Waals surface area contributed by atoms with E-state index in [2.05, 4.69) is 0 Å². The topological polar surface area (TPSA) is 59.1 Å². The molecule has 0 aromatic heterocycles. The monoisotopic (exact) mass is 368 g/mol. The molecule has 1 aliphatic heterocycles. The maximum Gasteiger partial charge on any atom is 0.258 e. The van der Waals surface area contributed by atoms with Crippen LogP contribution in [0.25, 0.3) is 0 Å². The van der Waals surface area contributed by atoms with Crippen LogP contribution in [-0.2, 0) is 11.3 Å². The lowest BCUT2D eigenvalue weighted by Crippen LogP contribution is -2.27. The molecule has 1 fully saturated rings. The normalized spacial score (nSPS) is 13.6. The number of amides is 2. The number of benzene rings is 2. The number of likely N-dealkylation sites (tertiary alicyclic amines) is 1. The van der Waals surface area contributed by atoms with Gasteiger partial charge in [-0.15, -0.1) is 0 Å². The third kappa shape index (κ3) is 4.05. The van der Waals surface area contributed by atoms with Gasteiger partial charge in [-0.25, -0.2) is 0 Å². The molecule has 0 N–H and O–H groups in total. The van der Waals surface area contributed by atoms with E-state index in [-0.39, 0.29) is 11.8 Å². The number of ether oxygens (including phenoxy) is 2. The van der Waals surface area contributed by atoms with E-state index in [1.807, 2.05) is 29.2 Å². The van der Waals surface area contributed by atoms with Crippen molar-refractivity contribution in [2.75, 3.05) is 32.7 Å². The Hall–Kier alpha value is -3.02. The van der Waals surface area contributed by atoms with Gasteiger partial charge in [0, 0.05) is 43.9 Å². The van der Waals surface area contributed by atoms with E-state index >= 15 is 0 Å². The molecule has 2 aromatic carbocycles. The van der Waals surface area contributed by atoms with Crippen molar-refractivity contribution in [3.8, 4) is 11.5 Å². The first kappa shape index (κ1) is 18.8. The fourth-order valence-electron chi connectivity index (χ4n) is 3.24. The third-order valence-corrected chi connectivity index (χ3v) is 4.78. The summed E-state index contributed by atoms with van der Waals surface area (Å²) >= 11 is 0. The lowest BCUT2D eigenvalue weighted by molar-refractivity contribution is -0.128. The molecule has 1 heterocycles. The number of hydrogen-bond donors (Lipinski definition) is 0. The molecule has 27 heavy (non-hydrogen) atoms. The van der Waals surface area contributed by atoms with E-state index in [9.17, 15) is 9.59 Å². The van der Waals surface area contributed by atoms with E-state index in [0.29, 0.717) is 35.7 Å². The van der Waals surface area contributed by atoms with Gasteiger partial charge in [0.2, 0.25) is 5.91 Å². The summed E-state index contributed by atoms with van der Waals surface area (Å²) in [6.45, 7) is 1.32. The number of carbonyl (C=O) groups excluding carboxylic acids is 2. The molecule has 0 spiro atoms. The molecular formula is C21H24N2O4. The number of nitrogens with zero attached hydrogens (tertiary/aromatic N) is 2. The van der Waals surface area contributed by atoms with Crippen LogP contribution in [0.4, 0.5) is 5.69 Å². The van der Waals surface area contributed by atoms with Crippen LogP contribution >= 0.6 is 0 Å². The molecule has 0 bridgehead atoms. The van der Waals surface area contributed by atoms with Crippen molar-refractivity contribution in [2.24, 2.45) is 0 Å². The highest BCUT2D eigenvalue weighted by atomic mass is 16.5. The highest BCUT2D eigenvalue weighted by Gasteiger charge is 2.21. The predicted molar refractivity (Wildman–Crippen MR) is 103 cm³/mol. The molecule has 0 atom stereocenters. The minimum atomic E-state index is -0.128. The van der Waals surface area contributed by atoms with Gasteiger partial charge >= 0.3 is 0 Å². The van der Waals surface area contributed by atoms with Crippen LogP contribution in [0, 0.1) is 0 Å². The van der Waals surface area contributed by atoms with E-state index in [1.54, 1.807) is 44.4 Å². The summed E-state index contributed by atoms with van der Waals surface area (Å²) in [4.78, 5) is 28.2. The summed E-state index contributed by atoms with van der Waals surface area (Å²) in [5, 5.41) is 0. The van der Waals surface area contributed by atoms with Gasteiger partial charge < -0.3 is 19.3 Å². The Kier molecular flexibility index (Phi) is 5.64. The molecule has 142 valence electrons. The van der Waals surface area contributed by atoms with Crippen molar-refractivity contribution in [1.82, 2.24) is 4.90 Å². The zero-order chi connectivity index (χ0) is 19.4. The third-order valence-electron chi connectivity index (χ3n) is 4.78. The van der Waals surface area contributed by atoms with Gasteiger partial charge in [0.25, 0.3) is 5.91 Å². The van der Waals surface area contributed by atoms with Gasteiger partial charge in [-0.3, -0.25) is 9.59 Å². The fourth-order valence-corrected chi connectivity index (χ4v) is 3.24. The first-order valence-electron chi connectivity index (χ1n) is 8.90. The molecule has 3 rings (SSSR count). The number of methoxy groups -OCH3 is 2. The van der Waals surface area contributed by atoms with Crippen molar-refractivity contribution >= 4 is 17.5 Å². The van der Waals surface area contributed by atoms with Crippen molar-refractivity contribution in [3.05, 3.63) is 53.6 Å². The minimum absolute atomic E-state index is 0.128. The lowest BCUT2D eigenvalue weighted by Gasteiger charge is -2.20. The molecule has 0 radical (unpaired) electrons. The Morgan fingerprint density at radius 1 is 1.11 bits per heavy atom. The quantitative estimate of drug-likeness (QED) is 0.786. The second kappa shape index (κ2) is 8.12. The number of rotatable bonds is 6. The highest BCUT2D eigenvalue weighted by molar-refractivity contribution is 6.06. The van der Waals surface area contributed by atoms with Crippen LogP contribution < -0.4 is 14.4 Å². The largest absolute Gasteiger partial charge is 0.493 e. The average molecular weight is 368 g/mol. The molecule has 6 nitrogen and oxygen atoms in total. The number of anilines is 1. The van der Waals surface area contributed by atoms with Gasteiger partial charge in [-0.05, 0) is 36.2 Å². The molecular weight excluding hydrogens is 344 g/mol. The molecule has 0 aliphatic carbocycles. The van der Waals surface area contributed by atoms with Crippen molar-refractivity contribution in [3.63, 3.8) is 0 Å². The predicted octanol–water partition coefficient (Wildman–Crippen LogP) is 3.10. The molecule has 1 aliphatic rings. The Balaban J connectivity index is 1.79.